The van der Waals surface area contributed by atoms with Gasteiger partial charge in [-0.25, -0.2) is 8.42 Å². The molecule has 0 bridgehead atoms. The molecule has 0 atom stereocenters. The van der Waals surface area contributed by atoms with E-state index in [4.69, 9.17) is 4.74 Å². The quantitative estimate of drug-likeness (QED) is 0.795. The van der Waals surface area contributed by atoms with Crippen LogP contribution in [0.25, 0.3) is 0 Å². The Kier molecular flexibility index (Phi) is 5.00. The molecule has 2 heterocycles. The first-order valence-corrected chi connectivity index (χ1v) is 9.65. The van der Waals surface area contributed by atoms with Crippen LogP contribution in [0.1, 0.15) is 6.92 Å². The lowest BCUT2D eigenvalue weighted by molar-refractivity contribution is -0.114. The van der Waals surface area contributed by atoms with Crippen molar-refractivity contribution >= 4 is 39.0 Å². The van der Waals surface area contributed by atoms with Gasteiger partial charge in [-0.3, -0.25) is 9.59 Å². The number of allylic oxidation sites excluding steroid dienone is 2. The van der Waals surface area contributed by atoms with E-state index >= 15 is 0 Å². The maximum atomic E-state index is 12.8. The second kappa shape index (κ2) is 7.23. The molecule has 10 heteroatoms. The van der Waals surface area contributed by atoms with Crippen molar-refractivity contribution in [3.05, 3.63) is 42.1 Å². The summed E-state index contributed by atoms with van der Waals surface area (Å²) in [4.78, 5) is 25.6. The molecular formula is C17H18N4O5S. The number of benzene rings is 1. The summed E-state index contributed by atoms with van der Waals surface area (Å²) in [6.45, 7) is 1.60. The van der Waals surface area contributed by atoms with Crippen molar-refractivity contribution in [3.8, 4) is 5.75 Å². The number of carbonyl (C=O) groups excluding carboxylic acids is 2. The van der Waals surface area contributed by atoms with E-state index < -0.39 is 15.9 Å². The number of sulfonamides is 1. The molecule has 27 heavy (non-hydrogen) atoms. The smallest absolute Gasteiger partial charge is 0.259 e. The van der Waals surface area contributed by atoms with E-state index in [0.29, 0.717) is 17.1 Å². The predicted octanol–water partition coefficient (Wildman–Crippen LogP) is 1.09. The van der Waals surface area contributed by atoms with E-state index in [9.17, 15) is 18.0 Å². The number of carbonyl (C=O) groups is 2. The molecule has 0 saturated carbocycles. The predicted molar refractivity (Wildman–Crippen MR) is 101 cm³/mol. The first-order valence-electron chi connectivity index (χ1n) is 8.04. The average Bonchev–Trinajstić information content (AvgIpc) is 2.60. The maximum Gasteiger partial charge on any atom is 0.259 e. The number of amides is 2. The topological polar surface area (TPSA) is 117 Å². The number of hydrogen-bond acceptors (Lipinski definition) is 6. The van der Waals surface area contributed by atoms with Crippen LogP contribution < -0.4 is 15.4 Å². The van der Waals surface area contributed by atoms with Crippen molar-refractivity contribution in [3.63, 3.8) is 0 Å². The highest BCUT2D eigenvalue weighted by molar-refractivity contribution is 7.90. The number of rotatable bonds is 4. The number of hydrogen-bond donors (Lipinski definition) is 2. The molecule has 2 aliphatic rings. The first-order chi connectivity index (χ1) is 12.8. The zero-order valence-corrected chi connectivity index (χ0v) is 15.5. The fourth-order valence-electron chi connectivity index (χ4n) is 2.67. The Bertz CT molecular complexity index is 995. The van der Waals surface area contributed by atoms with Crippen LogP contribution in [0.4, 0.5) is 11.4 Å². The number of anilines is 2. The summed E-state index contributed by atoms with van der Waals surface area (Å²) in [5.41, 5.74) is 0.929. The number of methoxy groups -OCH3 is 1. The average molecular weight is 390 g/mol. The molecule has 0 aromatic heterocycles. The fraction of sp³-hybridized carbons (Fsp3) is 0.235. The van der Waals surface area contributed by atoms with Gasteiger partial charge in [-0.2, -0.15) is 0 Å². The minimum Gasteiger partial charge on any atom is -0.495 e. The van der Waals surface area contributed by atoms with Crippen molar-refractivity contribution in [1.82, 2.24) is 4.90 Å². The van der Waals surface area contributed by atoms with Crippen molar-refractivity contribution in [2.75, 3.05) is 30.0 Å². The van der Waals surface area contributed by atoms with E-state index in [1.807, 2.05) is 0 Å². The Morgan fingerprint density at radius 3 is 2.74 bits per heavy atom. The zero-order chi connectivity index (χ0) is 19.6. The van der Waals surface area contributed by atoms with Gasteiger partial charge < -0.3 is 20.3 Å². The summed E-state index contributed by atoms with van der Waals surface area (Å²) >= 11 is 0. The van der Waals surface area contributed by atoms with Crippen LogP contribution in [0, 0.1) is 0 Å². The number of amidine groups is 1. The van der Waals surface area contributed by atoms with Crippen LogP contribution in [0.2, 0.25) is 0 Å². The molecule has 2 N–H and O–H groups in total. The molecule has 2 amide bonds. The molecule has 0 fully saturated rings. The maximum absolute atomic E-state index is 12.8. The largest absolute Gasteiger partial charge is 0.495 e. The van der Waals surface area contributed by atoms with Gasteiger partial charge in [0.25, 0.3) is 15.9 Å². The second-order valence-electron chi connectivity index (χ2n) is 5.87. The molecule has 0 radical (unpaired) electrons. The Balaban J connectivity index is 1.91. The van der Waals surface area contributed by atoms with E-state index in [0.717, 1.165) is 0 Å². The Labute approximate surface area is 156 Å². The Hall–Kier alpha value is -3.14. The first kappa shape index (κ1) is 18.6. The molecule has 0 aliphatic carbocycles. The van der Waals surface area contributed by atoms with Gasteiger partial charge >= 0.3 is 0 Å². The second-order valence-corrected chi connectivity index (χ2v) is 7.62. The van der Waals surface area contributed by atoms with Crippen LogP contribution in [-0.2, 0) is 19.6 Å². The number of fused-ring (bicyclic) bond motifs is 1. The highest BCUT2D eigenvalue weighted by Gasteiger charge is 2.30. The van der Waals surface area contributed by atoms with Crippen molar-refractivity contribution in [2.45, 2.75) is 6.92 Å². The summed E-state index contributed by atoms with van der Waals surface area (Å²) in [6.07, 6.45) is 4.81. The lowest BCUT2D eigenvalue weighted by Crippen LogP contribution is -2.40. The van der Waals surface area contributed by atoms with Gasteiger partial charge in [-0.1, -0.05) is 0 Å². The van der Waals surface area contributed by atoms with E-state index in [-0.39, 0.29) is 29.6 Å². The van der Waals surface area contributed by atoms with Crippen molar-refractivity contribution < 1.29 is 22.7 Å². The van der Waals surface area contributed by atoms with Crippen molar-refractivity contribution in [1.29, 1.82) is 0 Å². The zero-order valence-electron chi connectivity index (χ0n) is 14.7. The summed E-state index contributed by atoms with van der Waals surface area (Å²) in [6, 6.07) is 4.79. The Morgan fingerprint density at radius 1 is 1.26 bits per heavy atom. The minimum absolute atomic E-state index is 0.0817. The highest BCUT2D eigenvalue weighted by atomic mass is 32.2. The molecular weight excluding hydrogens is 372 g/mol. The van der Waals surface area contributed by atoms with Crippen LogP contribution in [0.15, 0.2) is 46.5 Å². The van der Waals surface area contributed by atoms with Gasteiger partial charge in [0, 0.05) is 25.4 Å². The molecule has 142 valence electrons. The van der Waals surface area contributed by atoms with E-state index in [1.54, 1.807) is 35.4 Å². The minimum atomic E-state index is -3.61. The summed E-state index contributed by atoms with van der Waals surface area (Å²) in [7, 11) is -2.16. The Morgan fingerprint density at radius 2 is 2.04 bits per heavy atom. The number of nitrogens with zero attached hydrogens (tertiary/aromatic N) is 2. The molecule has 3 rings (SSSR count). The molecule has 9 nitrogen and oxygen atoms in total. The third kappa shape index (κ3) is 4.17. The molecule has 0 saturated heterocycles. The van der Waals surface area contributed by atoms with E-state index in [2.05, 4.69) is 15.0 Å². The SMILES string of the molecule is COc1ccc(NC(C)=O)cc1NC(=O)C1=CC=CN2CCS(=O)(=O)N=C12. The number of ether oxygens (including phenoxy) is 1. The van der Waals surface area contributed by atoms with E-state index in [1.165, 1.54) is 20.1 Å². The molecule has 2 aliphatic heterocycles. The molecule has 0 spiro atoms. The van der Waals surface area contributed by atoms with Crippen LogP contribution in [-0.4, -0.2) is 50.4 Å². The lowest BCUT2D eigenvalue weighted by Gasteiger charge is -2.28. The third-order valence-corrected chi connectivity index (χ3v) is 5.02. The third-order valence-electron chi connectivity index (χ3n) is 3.87. The van der Waals surface area contributed by atoms with Crippen LogP contribution in [0.5, 0.6) is 5.75 Å². The molecule has 0 unspecified atom stereocenters. The summed E-state index contributed by atoms with van der Waals surface area (Å²) < 4.78 is 32.6. The van der Waals surface area contributed by atoms with Gasteiger partial charge in [-0.05, 0) is 30.4 Å². The van der Waals surface area contributed by atoms with Gasteiger partial charge in [0.15, 0.2) is 5.84 Å². The van der Waals surface area contributed by atoms with Gasteiger partial charge in [-0.15, -0.1) is 4.40 Å². The monoisotopic (exact) mass is 390 g/mol. The standard InChI is InChI=1S/C17H18N4O5S/c1-11(22)18-12-5-6-15(26-2)14(10-12)19-17(23)13-4-3-7-21-8-9-27(24,25)20-16(13)21/h3-7,10H,8-9H2,1-2H3,(H,18,22)(H,19,23). The van der Waals surface area contributed by atoms with Crippen molar-refractivity contribution in [2.24, 2.45) is 4.40 Å². The molecule has 1 aromatic carbocycles. The summed E-state index contributed by atoms with van der Waals surface area (Å²) in [5.74, 6) is -0.436. The molecule has 1 aromatic rings. The van der Waals surface area contributed by atoms with Gasteiger partial charge in [0.1, 0.15) is 5.75 Å². The summed E-state index contributed by atoms with van der Waals surface area (Å²) in [5, 5.41) is 5.31. The highest BCUT2D eigenvalue weighted by Crippen LogP contribution is 2.29. The normalized spacial score (nSPS) is 17.3. The number of nitrogens with one attached hydrogen (secondary N) is 2. The van der Waals surface area contributed by atoms with Crippen LogP contribution in [0.3, 0.4) is 0 Å². The lowest BCUT2D eigenvalue weighted by atomic mass is 10.1. The van der Waals surface area contributed by atoms with Gasteiger partial charge in [0.2, 0.25) is 5.91 Å². The van der Waals surface area contributed by atoms with Gasteiger partial charge in [0.05, 0.1) is 24.1 Å². The van der Waals surface area contributed by atoms with Crippen LogP contribution >= 0.6 is 0 Å². The fourth-order valence-corrected chi connectivity index (χ4v) is 3.66.